The lowest BCUT2D eigenvalue weighted by Gasteiger charge is -2.11. The molecule has 0 atom stereocenters. The van der Waals surface area contributed by atoms with Crippen LogP contribution in [0.25, 0.3) is 0 Å². The Morgan fingerprint density at radius 3 is 2.41 bits per heavy atom. The van der Waals surface area contributed by atoms with E-state index in [9.17, 15) is 19.7 Å². The molecule has 0 unspecified atom stereocenters. The third kappa shape index (κ3) is 5.86. The molecule has 0 bridgehead atoms. The number of amides is 2. The maximum atomic E-state index is 12.3. The molecule has 0 aliphatic rings. The third-order valence-electron chi connectivity index (χ3n) is 3.45. The lowest BCUT2D eigenvalue weighted by atomic mass is 10.1. The molecule has 2 aromatic rings. The minimum Gasteiger partial charge on any atom is -0.332 e. The maximum Gasteiger partial charge on any atom is 0.282 e. The maximum absolute atomic E-state index is 12.3. The van der Waals surface area contributed by atoms with Gasteiger partial charge in [0.05, 0.1) is 4.92 Å². The Morgan fingerprint density at radius 2 is 1.74 bits per heavy atom. The van der Waals surface area contributed by atoms with Gasteiger partial charge in [0, 0.05) is 23.9 Å². The van der Waals surface area contributed by atoms with Crippen LogP contribution < -0.4 is 16.0 Å². The molecule has 0 heterocycles. The molecule has 0 aromatic heterocycles. The summed E-state index contributed by atoms with van der Waals surface area (Å²) >= 11 is 5.09. The fraction of sp³-hybridized carbons (Fsp3) is 0.167. The first-order valence-electron chi connectivity index (χ1n) is 8.16. The van der Waals surface area contributed by atoms with Crippen molar-refractivity contribution in [3.8, 4) is 0 Å². The van der Waals surface area contributed by atoms with Crippen LogP contribution in [0.5, 0.6) is 0 Å². The standard InChI is InChI=1S/C18H18N4O4S/c1-2-6-16(23)19-12-7-5-8-13(11-12)20-18(27)21-17(24)14-9-3-4-10-15(14)22(25)26/h3-5,7-11H,2,6H2,1H3,(H,19,23)(H2,20,21,24,27). The van der Waals surface area contributed by atoms with Crippen LogP contribution in [0.1, 0.15) is 30.1 Å². The summed E-state index contributed by atoms with van der Waals surface area (Å²) in [6.45, 7) is 1.91. The summed E-state index contributed by atoms with van der Waals surface area (Å²) in [6.07, 6.45) is 1.16. The lowest BCUT2D eigenvalue weighted by Crippen LogP contribution is -2.34. The van der Waals surface area contributed by atoms with Crippen LogP contribution in [0.4, 0.5) is 17.1 Å². The van der Waals surface area contributed by atoms with Crippen molar-refractivity contribution in [3.63, 3.8) is 0 Å². The second kappa shape index (κ2) is 9.39. The van der Waals surface area contributed by atoms with E-state index in [2.05, 4.69) is 16.0 Å². The Hall–Kier alpha value is -3.33. The summed E-state index contributed by atoms with van der Waals surface area (Å²) < 4.78 is 0. The van der Waals surface area contributed by atoms with Gasteiger partial charge in [0.2, 0.25) is 5.91 Å². The Balaban J connectivity index is 2.03. The highest BCUT2D eigenvalue weighted by molar-refractivity contribution is 7.80. The topological polar surface area (TPSA) is 113 Å². The van der Waals surface area contributed by atoms with Crippen LogP contribution in [0.2, 0.25) is 0 Å². The molecule has 140 valence electrons. The zero-order valence-corrected chi connectivity index (χ0v) is 15.3. The minimum atomic E-state index is -0.688. The number of hydrogen-bond acceptors (Lipinski definition) is 5. The van der Waals surface area contributed by atoms with Crippen molar-refractivity contribution in [1.82, 2.24) is 5.32 Å². The number of benzene rings is 2. The van der Waals surface area contributed by atoms with Crippen molar-refractivity contribution in [2.75, 3.05) is 10.6 Å². The zero-order valence-electron chi connectivity index (χ0n) is 14.5. The third-order valence-corrected chi connectivity index (χ3v) is 3.66. The van der Waals surface area contributed by atoms with Gasteiger partial charge in [0.25, 0.3) is 11.6 Å². The molecule has 3 N–H and O–H groups in total. The van der Waals surface area contributed by atoms with Gasteiger partial charge < -0.3 is 10.6 Å². The molecule has 0 saturated heterocycles. The Kier molecular flexibility index (Phi) is 6.95. The molecule has 2 aromatic carbocycles. The molecule has 2 amide bonds. The van der Waals surface area contributed by atoms with Gasteiger partial charge in [-0.05, 0) is 42.9 Å². The quantitative estimate of drug-likeness (QED) is 0.398. The summed E-state index contributed by atoms with van der Waals surface area (Å²) in [4.78, 5) is 34.3. The fourth-order valence-electron chi connectivity index (χ4n) is 2.28. The summed E-state index contributed by atoms with van der Waals surface area (Å²) in [7, 11) is 0. The number of thiocarbonyl (C=S) groups is 1. The van der Waals surface area contributed by atoms with Crippen LogP contribution in [-0.4, -0.2) is 21.9 Å². The zero-order chi connectivity index (χ0) is 19.8. The average molecular weight is 386 g/mol. The van der Waals surface area contributed by atoms with E-state index in [0.717, 1.165) is 6.42 Å². The number of anilines is 2. The lowest BCUT2D eigenvalue weighted by molar-refractivity contribution is -0.385. The van der Waals surface area contributed by atoms with E-state index in [1.807, 2.05) is 6.92 Å². The van der Waals surface area contributed by atoms with Gasteiger partial charge in [-0.15, -0.1) is 0 Å². The summed E-state index contributed by atoms with van der Waals surface area (Å²) in [5.74, 6) is -0.783. The highest BCUT2D eigenvalue weighted by Crippen LogP contribution is 2.18. The number of carbonyl (C=O) groups excluding carboxylic acids is 2. The second-order valence-corrected chi connectivity index (χ2v) is 5.97. The molecule has 27 heavy (non-hydrogen) atoms. The molecule has 0 fully saturated rings. The number of nitrogens with zero attached hydrogens (tertiary/aromatic N) is 1. The Bertz CT molecular complexity index is 885. The highest BCUT2D eigenvalue weighted by Gasteiger charge is 2.19. The number of nitro groups is 1. The van der Waals surface area contributed by atoms with Crippen LogP contribution in [0, 0.1) is 10.1 Å². The molecular weight excluding hydrogens is 368 g/mol. The van der Waals surface area contributed by atoms with Gasteiger partial charge in [-0.2, -0.15) is 0 Å². The van der Waals surface area contributed by atoms with Crippen molar-refractivity contribution in [2.45, 2.75) is 19.8 Å². The molecule has 0 aliphatic carbocycles. The molecule has 0 aliphatic heterocycles. The van der Waals surface area contributed by atoms with Crippen molar-refractivity contribution < 1.29 is 14.5 Å². The van der Waals surface area contributed by atoms with Crippen LogP contribution in [0.3, 0.4) is 0 Å². The fourth-order valence-corrected chi connectivity index (χ4v) is 2.49. The molecule has 0 spiro atoms. The minimum absolute atomic E-state index is 0.0183. The van der Waals surface area contributed by atoms with E-state index < -0.39 is 10.8 Å². The number of para-hydroxylation sites is 1. The second-order valence-electron chi connectivity index (χ2n) is 5.56. The van der Waals surface area contributed by atoms with Crippen molar-refractivity contribution in [2.24, 2.45) is 0 Å². The van der Waals surface area contributed by atoms with Crippen molar-refractivity contribution in [1.29, 1.82) is 0 Å². The average Bonchev–Trinajstić information content (AvgIpc) is 2.62. The van der Waals surface area contributed by atoms with Crippen LogP contribution in [-0.2, 0) is 4.79 Å². The highest BCUT2D eigenvalue weighted by atomic mass is 32.1. The Labute approximate surface area is 161 Å². The first-order chi connectivity index (χ1) is 12.9. The largest absolute Gasteiger partial charge is 0.332 e. The van der Waals surface area contributed by atoms with Crippen molar-refractivity contribution >= 4 is 46.2 Å². The van der Waals surface area contributed by atoms with Gasteiger partial charge in [-0.25, -0.2) is 0 Å². The number of hydrogen-bond donors (Lipinski definition) is 3. The van der Waals surface area contributed by atoms with Crippen LogP contribution >= 0.6 is 12.2 Å². The normalized spacial score (nSPS) is 9.96. The number of carbonyl (C=O) groups is 2. The smallest absolute Gasteiger partial charge is 0.282 e. The SMILES string of the molecule is CCCC(=O)Nc1cccc(NC(=S)NC(=O)c2ccccc2[N+](=O)[O-])c1. The predicted octanol–water partition coefficient (Wildman–Crippen LogP) is 3.46. The first-order valence-corrected chi connectivity index (χ1v) is 8.57. The summed E-state index contributed by atoms with van der Waals surface area (Å²) in [6, 6.07) is 12.4. The van der Waals surface area contributed by atoms with Gasteiger partial charge in [-0.1, -0.05) is 25.1 Å². The molecule has 9 heteroatoms. The van der Waals surface area contributed by atoms with E-state index in [1.165, 1.54) is 24.3 Å². The van der Waals surface area contributed by atoms with Crippen molar-refractivity contribution in [3.05, 3.63) is 64.2 Å². The molecule has 0 saturated carbocycles. The molecule has 2 rings (SSSR count). The number of nitro benzene ring substituents is 1. The van der Waals surface area contributed by atoms with Crippen LogP contribution in [0.15, 0.2) is 48.5 Å². The number of nitrogens with one attached hydrogen (secondary N) is 3. The molecule has 8 nitrogen and oxygen atoms in total. The summed E-state index contributed by atoms with van der Waals surface area (Å²) in [5.41, 5.74) is 0.745. The van der Waals surface area contributed by atoms with Gasteiger partial charge in [-0.3, -0.25) is 25.0 Å². The van der Waals surface area contributed by atoms with E-state index in [4.69, 9.17) is 12.2 Å². The van der Waals surface area contributed by atoms with E-state index in [0.29, 0.717) is 17.8 Å². The monoisotopic (exact) mass is 386 g/mol. The first kappa shape index (κ1) is 20.0. The van der Waals surface area contributed by atoms with Gasteiger partial charge in [0.1, 0.15) is 5.56 Å². The predicted molar refractivity (Wildman–Crippen MR) is 107 cm³/mol. The van der Waals surface area contributed by atoms with E-state index >= 15 is 0 Å². The van der Waals surface area contributed by atoms with Gasteiger partial charge in [0.15, 0.2) is 5.11 Å². The number of rotatable bonds is 6. The van der Waals surface area contributed by atoms with E-state index in [1.54, 1.807) is 24.3 Å². The molecule has 0 radical (unpaired) electrons. The van der Waals surface area contributed by atoms with Gasteiger partial charge >= 0.3 is 0 Å². The Morgan fingerprint density at radius 1 is 1.07 bits per heavy atom. The summed E-state index contributed by atoms with van der Waals surface area (Å²) in [5, 5.41) is 19.0. The molecular formula is C18H18N4O4S. The van der Waals surface area contributed by atoms with E-state index in [-0.39, 0.29) is 22.3 Å².